The smallest absolute Gasteiger partial charge is 0.273 e. The Morgan fingerprint density at radius 2 is 2.12 bits per heavy atom. The van der Waals surface area contributed by atoms with Crippen molar-refractivity contribution in [3.63, 3.8) is 0 Å². The van der Waals surface area contributed by atoms with Crippen molar-refractivity contribution in [2.24, 2.45) is 5.73 Å². The lowest BCUT2D eigenvalue weighted by atomic mass is 9.92. The van der Waals surface area contributed by atoms with Crippen molar-refractivity contribution in [1.29, 1.82) is 0 Å². The second kappa shape index (κ2) is 7.77. The van der Waals surface area contributed by atoms with Gasteiger partial charge >= 0.3 is 0 Å². The summed E-state index contributed by atoms with van der Waals surface area (Å²) >= 11 is 0. The Morgan fingerprint density at radius 3 is 2.80 bits per heavy atom. The van der Waals surface area contributed by atoms with Gasteiger partial charge in [0, 0.05) is 18.2 Å². The number of carbonyl (C=O) groups is 1. The van der Waals surface area contributed by atoms with Crippen molar-refractivity contribution in [2.75, 3.05) is 6.54 Å². The molecule has 0 aliphatic heterocycles. The number of rotatable bonds is 6. The molecule has 0 spiro atoms. The van der Waals surface area contributed by atoms with Gasteiger partial charge in [0.15, 0.2) is 5.69 Å². The maximum Gasteiger partial charge on any atom is 0.273 e. The largest absolute Gasteiger partial charge is 0.361 e. The van der Waals surface area contributed by atoms with Crippen molar-refractivity contribution < 1.29 is 9.32 Å². The fourth-order valence-corrected chi connectivity index (χ4v) is 3.34. The highest BCUT2D eigenvalue weighted by Crippen LogP contribution is 2.26. The molecule has 8 nitrogen and oxygen atoms in total. The first-order chi connectivity index (χ1) is 12.0. The third kappa shape index (κ3) is 4.25. The molecule has 1 amide bonds. The lowest BCUT2D eigenvalue weighted by Gasteiger charge is -2.25. The van der Waals surface area contributed by atoms with Crippen LogP contribution in [0.25, 0.3) is 0 Å². The van der Waals surface area contributed by atoms with Crippen LogP contribution in [0.2, 0.25) is 0 Å². The Bertz CT molecular complexity index is 695. The monoisotopic (exact) mass is 346 g/mol. The molecule has 3 N–H and O–H groups in total. The number of hydrogen-bond acceptors (Lipinski definition) is 6. The quantitative estimate of drug-likeness (QED) is 0.770. The van der Waals surface area contributed by atoms with E-state index in [0.29, 0.717) is 24.3 Å². The summed E-state index contributed by atoms with van der Waals surface area (Å²) in [5.41, 5.74) is 8.34. The number of hydrogen-bond donors (Lipinski definition) is 2. The van der Waals surface area contributed by atoms with Crippen LogP contribution < -0.4 is 11.1 Å². The zero-order valence-corrected chi connectivity index (χ0v) is 14.9. The maximum atomic E-state index is 12.2. The Kier molecular flexibility index (Phi) is 5.47. The molecule has 1 saturated carbocycles. The highest BCUT2D eigenvalue weighted by atomic mass is 16.5. The number of nitrogens with zero attached hydrogens (tertiary/aromatic N) is 4. The molecule has 0 aromatic carbocycles. The van der Waals surface area contributed by atoms with E-state index in [4.69, 9.17) is 10.3 Å². The van der Waals surface area contributed by atoms with Crippen LogP contribution in [0, 0.1) is 13.8 Å². The average Bonchev–Trinajstić information content (AvgIpc) is 3.21. The minimum absolute atomic E-state index is 0.183. The minimum atomic E-state index is -0.183. The first-order valence-electron chi connectivity index (χ1n) is 8.92. The van der Waals surface area contributed by atoms with Crippen LogP contribution in [0.4, 0.5) is 0 Å². The lowest BCUT2D eigenvalue weighted by Crippen LogP contribution is -2.28. The fourth-order valence-electron chi connectivity index (χ4n) is 3.34. The highest BCUT2D eigenvalue weighted by molar-refractivity contribution is 5.91. The summed E-state index contributed by atoms with van der Waals surface area (Å²) in [6.07, 6.45) is 7.36. The molecule has 2 aromatic heterocycles. The first-order valence-corrected chi connectivity index (χ1v) is 8.92. The second-order valence-corrected chi connectivity index (χ2v) is 6.81. The standard InChI is InChI=1S/C17H26N6O2/c1-11-15(12(2)25-21-11)4-3-9-19-17(24)16-10-23(22-20-16)14-7-5-13(18)6-8-14/h10,13-14H,3-9,18H2,1-2H3,(H,19,24). The van der Waals surface area contributed by atoms with Crippen LogP contribution in [0.15, 0.2) is 10.7 Å². The number of nitrogens with two attached hydrogens (primary N) is 1. The predicted molar refractivity (Wildman–Crippen MR) is 92.1 cm³/mol. The van der Waals surface area contributed by atoms with E-state index in [1.165, 1.54) is 0 Å². The molecule has 136 valence electrons. The molecular formula is C17H26N6O2. The molecule has 2 aromatic rings. The Morgan fingerprint density at radius 1 is 1.36 bits per heavy atom. The van der Waals surface area contributed by atoms with E-state index in [1.807, 2.05) is 18.5 Å². The van der Waals surface area contributed by atoms with Gasteiger partial charge in [0.1, 0.15) is 5.76 Å². The number of nitrogens with one attached hydrogen (secondary N) is 1. The first kappa shape index (κ1) is 17.6. The van der Waals surface area contributed by atoms with E-state index in [1.54, 1.807) is 6.20 Å². The van der Waals surface area contributed by atoms with E-state index in [2.05, 4.69) is 20.8 Å². The summed E-state index contributed by atoms with van der Waals surface area (Å²) in [6.45, 7) is 4.42. The van der Waals surface area contributed by atoms with E-state index in [0.717, 1.165) is 55.5 Å². The summed E-state index contributed by atoms with van der Waals surface area (Å²) in [6, 6.07) is 0.591. The highest BCUT2D eigenvalue weighted by Gasteiger charge is 2.22. The summed E-state index contributed by atoms with van der Waals surface area (Å²) < 4.78 is 6.95. The van der Waals surface area contributed by atoms with Gasteiger partial charge in [-0.05, 0) is 52.4 Å². The van der Waals surface area contributed by atoms with Crippen LogP contribution in [0.5, 0.6) is 0 Å². The van der Waals surface area contributed by atoms with E-state index >= 15 is 0 Å². The molecule has 0 saturated heterocycles. The number of aromatic nitrogens is 4. The topological polar surface area (TPSA) is 112 Å². The number of amides is 1. The van der Waals surface area contributed by atoms with E-state index in [9.17, 15) is 4.79 Å². The second-order valence-electron chi connectivity index (χ2n) is 6.81. The molecule has 0 unspecified atom stereocenters. The van der Waals surface area contributed by atoms with E-state index in [-0.39, 0.29) is 5.91 Å². The van der Waals surface area contributed by atoms with Crippen molar-refractivity contribution in [2.45, 2.75) is 64.5 Å². The molecule has 1 aliphatic rings. The summed E-state index contributed by atoms with van der Waals surface area (Å²) in [7, 11) is 0. The van der Waals surface area contributed by atoms with Crippen LogP contribution in [-0.2, 0) is 6.42 Å². The normalized spacial score (nSPS) is 20.6. The molecule has 0 atom stereocenters. The fraction of sp³-hybridized carbons (Fsp3) is 0.647. The molecule has 0 radical (unpaired) electrons. The van der Waals surface area contributed by atoms with Crippen LogP contribution in [0.1, 0.15) is 65.7 Å². The third-order valence-corrected chi connectivity index (χ3v) is 4.93. The third-order valence-electron chi connectivity index (χ3n) is 4.93. The molecular weight excluding hydrogens is 320 g/mol. The Balaban J connectivity index is 1.46. The average molecular weight is 346 g/mol. The molecule has 2 heterocycles. The van der Waals surface area contributed by atoms with Crippen molar-refractivity contribution in [3.8, 4) is 0 Å². The summed E-state index contributed by atoms with van der Waals surface area (Å²) in [5.74, 6) is 0.663. The Hall–Kier alpha value is -2.22. The van der Waals surface area contributed by atoms with Gasteiger partial charge in [-0.25, -0.2) is 4.68 Å². The molecule has 1 fully saturated rings. The van der Waals surface area contributed by atoms with Crippen LogP contribution in [0.3, 0.4) is 0 Å². The van der Waals surface area contributed by atoms with Gasteiger partial charge < -0.3 is 15.6 Å². The van der Waals surface area contributed by atoms with E-state index < -0.39 is 0 Å². The van der Waals surface area contributed by atoms with Crippen molar-refractivity contribution >= 4 is 5.91 Å². The molecule has 8 heteroatoms. The number of carbonyl (C=O) groups excluding carboxylic acids is 1. The maximum absolute atomic E-state index is 12.2. The SMILES string of the molecule is Cc1noc(C)c1CCCNC(=O)c1cn(C2CCC(N)CC2)nn1. The summed E-state index contributed by atoms with van der Waals surface area (Å²) in [4.78, 5) is 12.2. The van der Waals surface area contributed by atoms with Gasteiger partial charge in [-0.3, -0.25) is 4.79 Å². The molecule has 0 bridgehead atoms. The van der Waals surface area contributed by atoms with Gasteiger partial charge in [-0.2, -0.15) is 0 Å². The van der Waals surface area contributed by atoms with Crippen LogP contribution in [-0.4, -0.2) is 38.6 Å². The summed E-state index contributed by atoms with van der Waals surface area (Å²) in [5, 5.41) is 15.0. The lowest BCUT2D eigenvalue weighted by molar-refractivity contribution is 0.0948. The van der Waals surface area contributed by atoms with Gasteiger partial charge in [0.05, 0.1) is 17.9 Å². The Labute approximate surface area is 147 Å². The molecule has 1 aliphatic carbocycles. The molecule has 3 rings (SSSR count). The van der Waals surface area contributed by atoms with Gasteiger partial charge in [0.25, 0.3) is 5.91 Å². The zero-order valence-electron chi connectivity index (χ0n) is 14.9. The van der Waals surface area contributed by atoms with Gasteiger partial charge in [-0.15, -0.1) is 5.10 Å². The minimum Gasteiger partial charge on any atom is -0.361 e. The van der Waals surface area contributed by atoms with Gasteiger partial charge in [0.2, 0.25) is 0 Å². The van der Waals surface area contributed by atoms with Crippen LogP contribution >= 0.6 is 0 Å². The zero-order chi connectivity index (χ0) is 17.8. The number of aryl methyl sites for hydroxylation is 2. The van der Waals surface area contributed by atoms with Crippen molar-refractivity contribution in [1.82, 2.24) is 25.5 Å². The van der Waals surface area contributed by atoms with Crippen molar-refractivity contribution in [3.05, 3.63) is 28.9 Å². The predicted octanol–water partition coefficient (Wildman–Crippen LogP) is 1.69. The van der Waals surface area contributed by atoms with Gasteiger partial charge in [-0.1, -0.05) is 10.4 Å². The molecule has 25 heavy (non-hydrogen) atoms.